The first-order chi connectivity index (χ1) is 58.2. The van der Waals surface area contributed by atoms with Crippen molar-refractivity contribution in [1.29, 1.82) is 0 Å². The van der Waals surface area contributed by atoms with Crippen LogP contribution in [0.1, 0.15) is 197 Å². The summed E-state index contributed by atoms with van der Waals surface area (Å²) in [6.07, 6.45) is 20.7. The van der Waals surface area contributed by atoms with Crippen molar-refractivity contribution >= 4 is 23.1 Å². The van der Waals surface area contributed by atoms with Gasteiger partial charge in [-0.3, -0.25) is 38.8 Å². The smallest absolute Gasteiger partial charge is 0.174 e. The number of ether oxygens (including phenoxy) is 5. The second-order valence-electron chi connectivity index (χ2n) is 41.0. The van der Waals surface area contributed by atoms with Crippen LogP contribution in [-0.2, 0) is 78.4 Å². The van der Waals surface area contributed by atoms with E-state index >= 15 is 0 Å². The molecule has 0 radical (unpaired) electrons. The predicted molar refractivity (Wildman–Crippen MR) is 439 cm³/mol. The van der Waals surface area contributed by atoms with Crippen LogP contribution < -0.4 is 29.0 Å². The number of carbonyl (C=O) groups excluding carboxylic acids is 4. The van der Waals surface area contributed by atoms with Crippen LogP contribution in [0.2, 0.25) is 0 Å². The molecule has 10 heterocycles. The fourth-order valence-electron chi connectivity index (χ4n) is 30.3. The fraction of sp³-hybridized carbons (Fsp3) is 0.608. The van der Waals surface area contributed by atoms with E-state index in [2.05, 4.69) is 38.1 Å². The summed E-state index contributed by atoms with van der Waals surface area (Å²) in [5.74, 6) is 5.47. The molecule has 0 unspecified atom stereocenters. The average molecular weight is 1650 g/mol. The minimum absolute atomic E-state index is 0.0408. The van der Waals surface area contributed by atoms with Crippen LogP contribution in [0, 0.1) is 17.8 Å². The van der Waals surface area contributed by atoms with E-state index in [-0.39, 0.29) is 88.2 Å². The molecule has 8 saturated carbocycles. The molecule has 5 aromatic rings. The van der Waals surface area contributed by atoms with Crippen molar-refractivity contribution in [2.75, 3.05) is 58.9 Å². The van der Waals surface area contributed by atoms with Crippen LogP contribution >= 0.6 is 0 Å². The Balaban J connectivity index is 0.0000000858. The monoisotopic (exact) mass is 1650 g/mol. The molecule has 28 rings (SSSR count). The topological polar surface area (TPSA) is 342 Å². The first-order valence-corrected chi connectivity index (χ1v) is 45.5. The standard InChI is InChI=1S/C21H25NO4.C21H25NO3.C20H23NO4.C19H21NO4.C16H17NO4/c23-14-5-4-13-10-16-21(25)7-6-15(24)19-20(21,17(13)18(14)26-19)8-9-22(16)11-12-2-1-3-12;1-12-6-7-21(24)16-10-14-4-5-15(23)18-17(14)20(21,19(12)25-18)8-9-22(16)11-13-2-3-13;22-13-4-3-12-9-15-20(24)6-5-14(23)18-19(20,16(12)17(13)25-18)7-8-21(15)10-11-1-2-11;1-2-8-20-9-7-18-15-11-3-4-12(21)16(15)24-17(18)13(22)5-6-19(18,23)14(20)10-11;18-9-2-1-8-7-11-16(20)4-3-10(19)14-15(16,5-6-17-11)12(8)13(9)21-14/h4-5,12,16,19,23,25H,1-3,6-11H2;4-5,13,16,19,23-24H,1-3,6-11H2;3-4,11,15,18,22,24H,1-2,5-10H2;2-4,14,17,21,23H,1,5-10H2;1-2,11,14,17-18,20H,3-7H2/t2*16-,19+,20+,21-;15-,18+,19+,20-;14-,17+,18+,19-;11-,14+,15+,16-/m11111/s1. The van der Waals surface area contributed by atoms with Crippen LogP contribution in [0.4, 0.5) is 0 Å². The summed E-state index contributed by atoms with van der Waals surface area (Å²) in [5, 5.41) is 114. The van der Waals surface area contributed by atoms with Crippen LogP contribution in [0.3, 0.4) is 0 Å². The van der Waals surface area contributed by atoms with Gasteiger partial charge >= 0.3 is 0 Å². The lowest BCUT2D eigenvalue weighted by Gasteiger charge is -2.63. The zero-order valence-corrected chi connectivity index (χ0v) is 68.7. The number of nitrogens with zero attached hydrogens (tertiary/aromatic N) is 4. The molecule has 24 nitrogen and oxygen atoms in total. The molecule has 10 bridgehead atoms. The minimum atomic E-state index is -1.00. The summed E-state index contributed by atoms with van der Waals surface area (Å²) < 4.78 is 30.3. The number of aromatic hydroxyl groups is 5. The summed E-state index contributed by atoms with van der Waals surface area (Å²) in [6.45, 7) is 16.4. The molecule has 24 heteroatoms. The van der Waals surface area contributed by atoms with Gasteiger partial charge in [-0.05, 0) is 249 Å². The van der Waals surface area contributed by atoms with Crippen molar-refractivity contribution in [2.24, 2.45) is 17.8 Å². The Kier molecular flexibility index (Phi) is 16.3. The van der Waals surface area contributed by atoms with E-state index in [1.54, 1.807) is 30.3 Å². The number of nitrogens with one attached hydrogen (secondary N) is 1. The number of hydrogen-bond acceptors (Lipinski definition) is 24. The number of likely N-dealkylation sites (tertiary alicyclic amines) is 4. The van der Waals surface area contributed by atoms with E-state index in [9.17, 15) is 70.2 Å². The number of ketones is 4. The number of aliphatic hydroxyl groups is 5. The third-order valence-corrected chi connectivity index (χ3v) is 36.2. The van der Waals surface area contributed by atoms with Crippen molar-refractivity contribution in [3.63, 3.8) is 0 Å². The lowest BCUT2D eigenvalue weighted by Crippen LogP contribution is -2.76. The van der Waals surface area contributed by atoms with E-state index < -0.39 is 79.5 Å². The maximum atomic E-state index is 12.8. The Morgan fingerprint density at radius 1 is 0.364 bits per heavy atom. The Bertz CT molecular complexity index is 5260. The van der Waals surface area contributed by atoms with Gasteiger partial charge in [-0.15, -0.1) is 6.58 Å². The van der Waals surface area contributed by atoms with Crippen molar-refractivity contribution in [3.05, 3.63) is 141 Å². The molecule has 10 aliphatic heterocycles. The molecule has 5 aromatic carbocycles. The number of hydrogen-bond donors (Lipinski definition) is 11. The Morgan fingerprint density at radius 2 is 0.653 bits per heavy atom. The zero-order chi connectivity index (χ0) is 82.7. The van der Waals surface area contributed by atoms with Gasteiger partial charge in [-0.2, -0.15) is 0 Å². The number of rotatable bonds is 8. The molecular weight excluding hydrogens is 1540 g/mol. The van der Waals surface area contributed by atoms with E-state index in [1.807, 2.05) is 36.4 Å². The molecule has 13 aliphatic carbocycles. The molecule has 5 saturated heterocycles. The highest BCUT2D eigenvalue weighted by molar-refractivity contribution is 5.93. The third kappa shape index (κ3) is 9.56. The molecule has 121 heavy (non-hydrogen) atoms. The molecule has 638 valence electrons. The maximum absolute atomic E-state index is 12.8. The lowest BCUT2D eigenvalue weighted by molar-refractivity contribution is -0.190. The Labute approximate surface area is 702 Å². The van der Waals surface area contributed by atoms with E-state index in [0.717, 1.165) is 184 Å². The first kappa shape index (κ1) is 76.5. The van der Waals surface area contributed by atoms with E-state index in [4.69, 9.17) is 23.7 Å². The molecular formula is C97H111N5O19. The molecule has 13 fully saturated rings. The number of phenolic OH excluding ortho intramolecular Hbond substituents is 5. The van der Waals surface area contributed by atoms with Crippen molar-refractivity contribution in [1.82, 2.24) is 24.9 Å². The highest BCUT2D eigenvalue weighted by Gasteiger charge is 2.79. The molecule has 5 spiro atoms. The van der Waals surface area contributed by atoms with Gasteiger partial charge in [0.25, 0.3) is 0 Å². The van der Waals surface area contributed by atoms with Gasteiger partial charge < -0.3 is 80.1 Å². The van der Waals surface area contributed by atoms with Crippen molar-refractivity contribution < 1.29 is 93.9 Å². The Hall–Kier alpha value is -8.14. The van der Waals surface area contributed by atoms with Gasteiger partial charge in [0.1, 0.15) is 6.10 Å². The van der Waals surface area contributed by atoms with Gasteiger partial charge in [-0.1, -0.05) is 49.4 Å². The highest BCUT2D eigenvalue weighted by Crippen LogP contribution is 2.72. The summed E-state index contributed by atoms with van der Waals surface area (Å²) in [5.41, 5.74) is 3.70. The molecule has 0 aromatic heterocycles. The second kappa shape index (κ2) is 25.8. The summed E-state index contributed by atoms with van der Waals surface area (Å²) in [7, 11) is 0. The summed E-state index contributed by atoms with van der Waals surface area (Å²) in [4.78, 5) is 60.3. The SMILES string of the molecule is C=C1CC[C@@]2(O)[C@H]3Cc4ccc(O)c5c4[C@@]2(CCN3CC2CC2)[C@H]1O5.C=CCN1CC[C@]23c4c5ccc(O)c4O[C@H]2C(=O)CC[C@@]3(O)[C@H]1C5.O=C1CC[C@@]2(O)[C@H]3Cc4ccc(O)c5c4[C@@]2(CCN3)[C@H]1O5.O=C1CC[C@@]2(O)[C@H]3Cc4ccc(O)c5c4[C@@]2(CCN3CC2CC2)[C@H]1O5.O=C1CC[C@@]2(O)[C@H]3Cc4ccc(O)c5c4[C@@]2(CCN3CC2CCC2)[C@H]1O5. The van der Waals surface area contributed by atoms with Gasteiger partial charge in [0.2, 0.25) is 0 Å². The molecule has 20 atom stereocenters. The number of piperidine rings is 5. The van der Waals surface area contributed by atoms with Gasteiger partial charge in [0.15, 0.2) is 105 Å². The van der Waals surface area contributed by atoms with Crippen molar-refractivity contribution in [2.45, 2.75) is 289 Å². The average Bonchev–Trinajstić information content (AvgIpc) is 1.57. The maximum Gasteiger partial charge on any atom is 0.174 e. The predicted octanol–water partition coefficient (Wildman–Crippen LogP) is 7.66. The van der Waals surface area contributed by atoms with Gasteiger partial charge in [-0.25, -0.2) is 0 Å². The van der Waals surface area contributed by atoms with Gasteiger partial charge in [0.05, 0.1) is 55.1 Å². The van der Waals surface area contributed by atoms with Crippen LogP contribution in [0.25, 0.3) is 0 Å². The van der Waals surface area contributed by atoms with Crippen LogP contribution in [-0.4, -0.2) is 241 Å². The van der Waals surface area contributed by atoms with Crippen molar-refractivity contribution in [3.8, 4) is 57.5 Å². The second-order valence-corrected chi connectivity index (χ2v) is 41.0. The largest absolute Gasteiger partial charge is 0.504 e. The first-order valence-electron chi connectivity index (χ1n) is 45.5. The summed E-state index contributed by atoms with van der Waals surface area (Å²) in [6, 6.07) is 18.4. The molecule has 0 amide bonds. The third-order valence-electron chi connectivity index (χ3n) is 36.2. The quantitative estimate of drug-likeness (QED) is 0.0664. The number of carbonyl (C=O) groups is 4. The zero-order valence-electron chi connectivity index (χ0n) is 68.7. The Morgan fingerprint density at radius 3 is 0.983 bits per heavy atom. The van der Waals surface area contributed by atoms with E-state index in [0.29, 0.717) is 106 Å². The number of Topliss-reactive ketones (excluding diaryl/α,β-unsaturated/α-hetero) is 4. The minimum Gasteiger partial charge on any atom is -0.504 e. The number of phenols is 5. The van der Waals surface area contributed by atoms with Crippen LogP contribution in [0.5, 0.6) is 57.5 Å². The molecule has 23 aliphatic rings. The van der Waals surface area contributed by atoms with E-state index in [1.165, 1.54) is 50.5 Å². The highest BCUT2D eigenvalue weighted by atomic mass is 16.5. The fourth-order valence-corrected chi connectivity index (χ4v) is 30.3. The lowest BCUT2D eigenvalue weighted by atomic mass is 9.48. The normalized spacial score (nSPS) is 41.0. The van der Waals surface area contributed by atoms with Crippen LogP contribution in [0.15, 0.2) is 85.5 Å². The molecule has 11 N–H and O–H groups in total. The summed E-state index contributed by atoms with van der Waals surface area (Å²) >= 11 is 0. The number of benzene rings is 5. The van der Waals surface area contributed by atoms with Gasteiger partial charge in [0, 0.05) is 116 Å².